The number of rotatable bonds is 2. The van der Waals surface area contributed by atoms with Gasteiger partial charge < -0.3 is 0 Å². The molecular weight excluding hydrogens is 432 g/mol. The lowest BCUT2D eigenvalue weighted by Gasteiger charge is -2.14. The van der Waals surface area contributed by atoms with Crippen LogP contribution in [0.3, 0.4) is 0 Å². The van der Waals surface area contributed by atoms with Gasteiger partial charge in [0.2, 0.25) is 0 Å². The Morgan fingerprint density at radius 2 is 1.25 bits per heavy atom. The fraction of sp³-hybridized carbons (Fsp3) is 0.0357. The molecule has 4 heteroatoms. The second-order valence-electron chi connectivity index (χ2n) is 7.80. The summed E-state index contributed by atoms with van der Waals surface area (Å²) in [6.07, 6.45) is 0. The Labute approximate surface area is 192 Å². The standard InChI is InChI=1S/C28H18O2S2/c29-27(20-10-2-1-3-11-20)28-31-23-16-14-18-8-4-6-12-21(18)25(23)26-22-13-7-5-9-19(22)15-17-24(26)32(28)30/h1-17,28H/t28-,32?/m1/s1. The van der Waals surface area contributed by atoms with Gasteiger partial charge in [0.05, 0.1) is 10.8 Å². The Bertz CT molecular complexity index is 1540. The lowest BCUT2D eigenvalue weighted by atomic mass is 9.94. The zero-order valence-corrected chi connectivity index (χ0v) is 18.7. The van der Waals surface area contributed by atoms with Gasteiger partial charge in [-0.05, 0) is 33.7 Å². The Morgan fingerprint density at radius 3 is 1.97 bits per heavy atom. The highest BCUT2D eigenvalue weighted by atomic mass is 32.2. The van der Waals surface area contributed by atoms with Crippen LogP contribution in [0.1, 0.15) is 10.4 Å². The maximum absolute atomic E-state index is 14.0. The number of thioether (sulfide) groups is 1. The van der Waals surface area contributed by atoms with Crippen molar-refractivity contribution in [3.8, 4) is 11.1 Å². The minimum absolute atomic E-state index is 0.103. The summed E-state index contributed by atoms with van der Waals surface area (Å²) >= 11 is 1.42. The fourth-order valence-corrected chi connectivity index (χ4v) is 7.55. The molecule has 6 rings (SSSR count). The highest BCUT2D eigenvalue weighted by molar-refractivity contribution is 8.12. The molecule has 154 valence electrons. The second kappa shape index (κ2) is 7.73. The highest BCUT2D eigenvalue weighted by Gasteiger charge is 2.35. The van der Waals surface area contributed by atoms with Gasteiger partial charge in [0.1, 0.15) is 0 Å². The first-order valence-electron chi connectivity index (χ1n) is 10.4. The van der Waals surface area contributed by atoms with Crippen LogP contribution < -0.4 is 0 Å². The summed E-state index contributed by atoms with van der Waals surface area (Å²) in [5.41, 5.74) is 2.63. The predicted octanol–water partition coefficient (Wildman–Crippen LogP) is 7.08. The summed E-state index contributed by atoms with van der Waals surface area (Å²) in [5, 5.41) is 4.40. The van der Waals surface area contributed by atoms with Crippen LogP contribution in [0.4, 0.5) is 0 Å². The quantitative estimate of drug-likeness (QED) is 0.269. The maximum Gasteiger partial charge on any atom is 0.189 e. The van der Waals surface area contributed by atoms with Crippen molar-refractivity contribution in [1.29, 1.82) is 0 Å². The number of carbonyl (C=O) groups excluding carboxylic acids is 1. The molecule has 5 aromatic carbocycles. The van der Waals surface area contributed by atoms with E-state index in [2.05, 4.69) is 36.4 Å². The van der Waals surface area contributed by atoms with Crippen LogP contribution in [-0.4, -0.2) is 14.6 Å². The molecule has 1 aliphatic heterocycles. The first-order chi connectivity index (χ1) is 15.7. The Kier molecular flexibility index (Phi) is 4.71. The molecule has 2 atom stereocenters. The molecule has 1 unspecified atom stereocenters. The zero-order valence-electron chi connectivity index (χ0n) is 17.0. The summed E-state index contributed by atoms with van der Waals surface area (Å²) in [7, 11) is -1.51. The van der Waals surface area contributed by atoms with Crippen molar-refractivity contribution in [2.24, 2.45) is 0 Å². The van der Waals surface area contributed by atoms with Crippen LogP contribution >= 0.6 is 11.8 Å². The number of fused-ring (bicyclic) bond motifs is 7. The number of benzene rings is 5. The molecule has 0 saturated heterocycles. The number of Topliss-reactive ketones (excluding diaryl/α,β-unsaturated/α-hetero) is 1. The van der Waals surface area contributed by atoms with E-state index in [9.17, 15) is 9.00 Å². The third kappa shape index (κ3) is 3.02. The van der Waals surface area contributed by atoms with Crippen molar-refractivity contribution >= 4 is 49.9 Å². The second-order valence-corrected chi connectivity index (χ2v) is 10.7. The lowest BCUT2D eigenvalue weighted by molar-refractivity contribution is 0.101. The molecule has 0 saturated carbocycles. The molecule has 0 N–H and O–H groups in total. The summed E-state index contributed by atoms with van der Waals surface area (Å²) in [5.74, 6) is -0.103. The molecule has 1 heterocycles. The van der Waals surface area contributed by atoms with Gasteiger partial charge in [-0.15, -0.1) is 0 Å². The average Bonchev–Trinajstić information content (AvgIpc) is 2.99. The molecule has 0 aliphatic carbocycles. The van der Waals surface area contributed by atoms with E-state index >= 15 is 0 Å². The van der Waals surface area contributed by atoms with Gasteiger partial charge in [-0.1, -0.05) is 103 Å². The van der Waals surface area contributed by atoms with Crippen LogP contribution in [0.25, 0.3) is 32.7 Å². The Balaban J connectivity index is 1.69. The van der Waals surface area contributed by atoms with Crippen LogP contribution in [-0.2, 0) is 10.8 Å². The molecule has 0 amide bonds. The molecular formula is C28H18O2S2. The Morgan fingerprint density at radius 1 is 0.656 bits per heavy atom. The molecule has 0 radical (unpaired) electrons. The van der Waals surface area contributed by atoms with Gasteiger partial charge in [0.15, 0.2) is 10.4 Å². The number of carbonyl (C=O) groups is 1. The predicted molar refractivity (Wildman–Crippen MR) is 134 cm³/mol. The maximum atomic E-state index is 14.0. The topological polar surface area (TPSA) is 34.1 Å². The van der Waals surface area contributed by atoms with E-state index in [-0.39, 0.29) is 5.78 Å². The minimum atomic E-state index is -1.51. The van der Waals surface area contributed by atoms with E-state index in [4.69, 9.17) is 0 Å². The number of hydrogen-bond acceptors (Lipinski definition) is 3. The number of hydrogen-bond donors (Lipinski definition) is 0. The molecule has 2 nitrogen and oxygen atoms in total. The first kappa shape index (κ1) is 19.5. The van der Waals surface area contributed by atoms with Crippen LogP contribution in [0, 0.1) is 0 Å². The smallest absolute Gasteiger partial charge is 0.189 e. The third-order valence-electron chi connectivity index (χ3n) is 5.95. The minimum Gasteiger partial charge on any atom is -0.292 e. The molecule has 0 spiro atoms. The van der Waals surface area contributed by atoms with Crippen molar-refractivity contribution in [3.63, 3.8) is 0 Å². The SMILES string of the molecule is O=C(c1ccccc1)[C@@H]1Sc2ccc3ccccc3c2-c2c(ccc3ccccc23)S1=O. The van der Waals surface area contributed by atoms with E-state index in [1.165, 1.54) is 11.8 Å². The Hall–Kier alpha value is -3.21. The van der Waals surface area contributed by atoms with Crippen molar-refractivity contribution in [2.45, 2.75) is 14.4 Å². The third-order valence-corrected chi connectivity index (χ3v) is 9.16. The zero-order chi connectivity index (χ0) is 21.7. The normalized spacial score (nSPS) is 17.5. The largest absolute Gasteiger partial charge is 0.292 e. The van der Waals surface area contributed by atoms with Gasteiger partial charge in [0.25, 0.3) is 0 Å². The van der Waals surface area contributed by atoms with Gasteiger partial charge in [-0.25, -0.2) is 0 Å². The molecule has 0 aromatic heterocycles. The van der Waals surface area contributed by atoms with E-state index in [0.717, 1.165) is 42.5 Å². The molecule has 32 heavy (non-hydrogen) atoms. The highest BCUT2D eigenvalue weighted by Crippen LogP contribution is 2.49. The molecule has 1 aliphatic rings. The molecule has 0 bridgehead atoms. The summed E-state index contributed by atoms with van der Waals surface area (Å²) in [4.78, 5) is 15.2. The summed E-state index contributed by atoms with van der Waals surface area (Å²) in [6.45, 7) is 0. The first-order valence-corrected chi connectivity index (χ1v) is 12.5. The van der Waals surface area contributed by atoms with Crippen molar-refractivity contribution < 1.29 is 9.00 Å². The summed E-state index contributed by atoms with van der Waals surface area (Å²) in [6, 6.07) is 33.8. The van der Waals surface area contributed by atoms with Crippen molar-refractivity contribution in [2.75, 3.05) is 0 Å². The van der Waals surface area contributed by atoms with Gasteiger partial charge in [-0.3, -0.25) is 9.00 Å². The number of ketones is 1. The van der Waals surface area contributed by atoms with Gasteiger partial charge in [-0.2, -0.15) is 0 Å². The van der Waals surface area contributed by atoms with E-state index in [1.807, 2.05) is 54.6 Å². The van der Waals surface area contributed by atoms with Crippen LogP contribution in [0.15, 0.2) is 113 Å². The van der Waals surface area contributed by atoms with Crippen LogP contribution in [0.2, 0.25) is 0 Å². The van der Waals surface area contributed by atoms with E-state index < -0.39 is 15.4 Å². The van der Waals surface area contributed by atoms with E-state index in [0.29, 0.717) is 5.56 Å². The van der Waals surface area contributed by atoms with Crippen molar-refractivity contribution in [1.82, 2.24) is 0 Å². The van der Waals surface area contributed by atoms with E-state index in [1.54, 1.807) is 12.1 Å². The van der Waals surface area contributed by atoms with Crippen molar-refractivity contribution in [3.05, 3.63) is 109 Å². The molecule has 5 aromatic rings. The molecule has 0 fully saturated rings. The van der Waals surface area contributed by atoms with Gasteiger partial charge >= 0.3 is 0 Å². The fourth-order valence-electron chi connectivity index (χ4n) is 4.45. The monoisotopic (exact) mass is 450 g/mol. The van der Waals surface area contributed by atoms with Crippen LogP contribution in [0.5, 0.6) is 0 Å². The summed E-state index contributed by atoms with van der Waals surface area (Å²) < 4.78 is 13.3. The average molecular weight is 451 g/mol. The lowest BCUT2D eigenvalue weighted by Crippen LogP contribution is -2.22. The van der Waals surface area contributed by atoms with Gasteiger partial charge in [0, 0.05) is 26.5 Å².